The minimum absolute atomic E-state index is 0.130. The standard InChI is InChI=1S/C8H8O/c1-7(9)8-5-3-2-4-6-8/h2-6H,1H3/i5D,6D. The highest BCUT2D eigenvalue weighted by molar-refractivity contribution is 5.93. The number of carbonyl (C=O) groups is 1. The van der Waals surface area contributed by atoms with E-state index in [1.807, 2.05) is 0 Å². The van der Waals surface area contributed by atoms with Crippen LogP contribution in [-0.4, -0.2) is 5.78 Å². The summed E-state index contributed by atoms with van der Waals surface area (Å²) in [5.41, 5.74) is 0.201. The van der Waals surface area contributed by atoms with Gasteiger partial charge in [0, 0.05) is 5.56 Å². The molecule has 1 nitrogen and oxygen atoms in total. The third-order valence-corrected chi connectivity index (χ3v) is 1.000. The van der Waals surface area contributed by atoms with Gasteiger partial charge in [-0.05, 0) is 6.92 Å². The predicted molar refractivity (Wildman–Crippen MR) is 36.4 cm³/mol. The summed E-state index contributed by atoms with van der Waals surface area (Å²) in [7, 11) is 0. The molecule has 0 radical (unpaired) electrons. The van der Waals surface area contributed by atoms with Crippen LogP contribution in [0, 0.1) is 0 Å². The van der Waals surface area contributed by atoms with E-state index in [0.717, 1.165) is 0 Å². The van der Waals surface area contributed by atoms with Crippen molar-refractivity contribution in [2.24, 2.45) is 0 Å². The zero-order valence-electron chi connectivity index (χ0n) is 7.14. The molecule has 1 aromatic carbocycles. The zero-order valence-corrected chi connectivity index (χ0v) is 5.14. The molecule has 0 aliphatic rings. The van der Waals surface area contributed by atoms with Crippen molar-refractivity contribution in [1.29, 1.82) is 0 Å². The Hall–Kier alpha value is -1.11. The summed E-state index contributed by atoms with van der Waals surface area (Å²) in [6.45, 7) is 1.37. The Bertz CT molecular complexity index is 274. The van der Waals surface area contributed by atoms with Crippen molar-refractivity contribution in [3.05, 3.63) is 35.8 Å². The molecule has 0 spiro atoms. The number of ketones is 1. The van der Waals surface area contributed by atoms with Crippen molar-refractivity contribution in [3.8, 4) is 0 Å². The van der Waals surface area contributed by atoms with Gasteiger partial charge in [0.1, 0.15) is 0 Å². The van der Waals surface area contributed by atoms with Crippen molar-refractivity contribution >= 4 is 5.78 Å². The molecule has 1 aromatic rings. The third kappa shape index (κ3) is 1.39. The van der Waals surface area contributed by atoms with Gasteiger partial charge in [-0.3, -0.25) is 4.79 Å². The molecule has 0 aromatic heterocycles. The lowest BCUT2D eigenvalue weighted by Crippen LogP contribution is -1.88. The van der Waals surface area contributed by atoms with E-state index in [0.29, 0.717) is 0 Å². The molecule has 9 heavy (non-hydrogen) atoms. The highest BCUT2D eigenvalue weighted by atomic mass is 16.1. The number of Topliss-reactive ketones (excluding diaryl/α,β-unsaturated/α-hetero) is 1. The highest BCUT2D eigenvalue weighted by Crippen LogP contribution is 1.97. The summed E-state index contributed by atoms with van der Waals surface area (Å²) in [5.74, 6) is -0.222. The van der Waals surface area contributed by atoms with Gasteiger partial charge in [0.15, 0.2) is 5.78 Å². The minimum atomic E-state index is -0.222. The van der Waals surface area contributed by atoms with Crippen molar-refractivity contribution in [3.63, 3.8) is 0 Å². The number of benzene rings is 1. The van der Waals surface area contributed by atoms with Crippen LogP contribution in [0.3, 0.4) is 0 Å². The molecule has 0 saturated carbocycles. The Morgan fingerprint density at radius 1 is 1.44 bits per heavy atom. The van der Waals surface area contributed by atoms with Crippen LogP contribution in [0.15, 0.2) is 30.3 Å². The van der Waals surface area contributed by atoms with Gasteiger partial charge in [0.2, 0.25) is 0 Å². The van der Waals surface area contributed by atoms with Gasteiger partial charge in [-0.25, -0.2) is 0 Å². The van der Waals surface area contributed by atoms with Crippen LogP contribution >= 0.6 is 0 Å². The van der Waals surface area contributed by atoms with Gasteiger partial charge in [0.05, 0.1) is 2.74 Å². The molecule has 46 valence electrons. The molecule has 0 N–H and O–H groups in total. The van der Waals surface area contributed by atoms with E-state index in [2.05, 4.69) is 0 Å². The summed E-state index contributed by atoms with van der Waals surface area (Å²) < 4.78 is 14.6. The SMILES string of the molecule is [2H]c1cccc([2H])c1C(C)=O. The number of rotatable bonds is 1. The molecule has 0 unspecified atom stereocenters. The van der Waals surface area contributed by atoms with E-state index in [4.69, 9.17) is 2.74 Å². The monoisotopic (exact) mass is 122 g/mol. The summed E-state index contributed by atoms with van der Waals surface area (Å²) >= 11 is 0. The Morgan fingerprint density at radius 3 is 2.33 bits per heavy atom. The van der Waals surface area contributed by atoms with E-state index in [-0.39, 0.29) is 23.4 Å². The highest BCUT2D eigenvalue weighted by Gasteiger charge is 1.92. The topological polar surface area (TPSA) is 17.1 Å². The Kier molecular flexibility index (Phi) is 1.04. The van der Waals surface area contributed by atoms with Crippen molar-refractivity contribution in [2.75, 3.05) is 0 Å². The molecule has 0 saturated heterocycles. The van der Waals surface area contributed by atoms with Crippen LogP contribution in [0.2, 0.25) is 0 Å². The van der Waals surface area contributed by atoms with Gasteiger partial charge in [-0.15, -0.1) is 0 Å². The van der Waals surface area contributed by atoms with E-state index >= 15 is 0 Å². The lowest BCUT2D eigenvalue weighted by molar-refractivity contribution is 0.101. The molecule has 0 bridgehead atoms. The van der Waals surface area contributed by atoms with Crippen LogP contribution in [0.25, 0.3) is 0 Å². The van der Waals surface area contributed by atoms with Gasteiger partial charge < -0.3 is 0 Å². The van der Waals surface area contributed by atoms with Gasteiger partial charge in [-0.2, -0.15) is 0 Å². The first-order valence-electron chi connectivity index (χ1n) is 3.70. The van der Waals surface area contributed by atoms with E-state index in [1.54, 1.807) is 6.07 Å². The maximum absolute atomic E-state index is 10.8. The van der Waals surface area contributed by atoms with Crippen LogP contribution in [0.5, 0.6) is 0 Å². The molecule has 1 rings (SSSR count). The van der Waals surface area contributed by atoms with Crippen LogP contribution < -0.4 is 0 Å². The fraction of sp³-hybridized carbons (Fsp3) is 0.125. The number of carbonyl (C=O) groups excluding carboxylic acids is 1. The first-order chi connectivity index (χ1) is 5.13. The summed E-state index contributed by atoms with van der Waals surface area (Å²) in [4.78, 5) is 10.8. The largest absolute Gasteiger partial charge is 0.295 e. The molecule has 1 heteroatoms. The summed E-state index contributed by atoms with van der Waals surface area (Å²) in [5, 5.41) is 0. The lowest BCUT2D eigenvalue weighted by Gasteiger charge is -1.89. The third-order valence-electron chi connectivity index (χ3n) is 1.000. The van der Waals surface area contributed by atoms with Gasteiger partial charge in [0.25, 0.3) is 0 Å². The maximum Gasteiger partial charge on any atom is 0.159 e. The van der Waals surface area contributed by atoms with E-state index in [1.165, 1.54) is 19.1 Å². The first-order valence-corrected chi connectivity index (χ1v) is 2.70. The lowest BCUT2D eigenvalue weighted by atomic mass is 10.2. The summed E-state index contributed by atoms with van der Waals surface area (Å²) in [6.07, 6.45) is 0. The second-order valence-electron chi connectivity index (χ2n) is 1.75. The van der Waals surface area contributed by atoms with Gasteiger partial charge in [-0.1, -0.05) is 30.3 Å². The van der Waals surface area contributed by atoms with Crippen molar-refractivity contribution in [1.82, 2.24) is 0 Å². The minimum Gasteiger partial charge on any atom is -0.295 e. The molecular weight excluding hydrogens is 112 g/mol. The molecule has 0 aliphatic carbocycles. The Morgan fingerprint density at radius 2 is 2.00 bits per heavy atom. The van der Waals surface area contributed by atoms with Crippen molar-refractivity contribution < 1.29 is 7.54 Å². The fourth-order valence-corrected chi connectivity index (χ4v) is 0.556. The van der Waals surface area contributed by atoms with Crippen LogP contribution in [-0.2, 0) is 0 Å². The molecular formula is C8H8O. The molecule has 0 atom stereocenters. The normalized spacial score (nSPS) is 12.1. The first kappa shape index (κ1) is 3.83. The summed E-state index contributed by atoms with van der Waals surface area (Å²) in [6, 6.07) is 4.87. The predicted octanol–water partition coefficient (Wildman–Crippen LogP) is 1.89. The second-order valence-corrected chi connectivity index (χ2v) is 1.75. The van der Waals surface area contributed by atoms with E-state index in [9.17, 15) is 4.79 Å². The molecule has 0 aliphatic heterocycles. The Labute approximate surface area is 57.1 Å². The van der Waals surface area contributed by atoms with Crippen molar-refractivity contribution in [2.45, 2.75) is 6.92 Å². The molecule has 0 amide bonds. The molecule has 0 heterocycles. The zero-order chi connectivity index (χ0) is 8.43. The average molecular weight is 122 g/mol. The average Bonchev–Trinajstić information content (AvgIpc) is 1.85. The van der Waals surface area contributed by atoms with Crippen LogP contribution in [0.1, 0.15) is 20.0 Å². The van der Waals surface area contributed by atoms with Crippen LogP contribution in [0.4, 0.5) is 0 Å². The molecule has 0 fully saturated rings. The quantitative estimate of drug-likeness (QED) is 0.520. The number of hydrogen-bond acceptors (Lipinski definition) is 1. The second kappa shape index (κ2) is 2.44. The fourth-order valence-electron chi connectivity index (χ4n) is 0.556. The van der Waals surface area contributed by atoms with E-state index < -0.39 is 0 Å². The maximum atomic E-state index is 10.8. The van der Waals surface area contributed by atoms with Gasteiger partial charge >= 0.3 is 0 Å². The number of hydrogen-bond donors (Lipinski definition) is 0. The Balaban J connectivity index is 3.32. The smallest absolute Gasteiger partial charge is 0.159 e.